The van der Waals surface area contributed by atoms with Gasteiger partial charge in [-0.15, -0.1) is 11.6 Å². The van der Waals surface area contributed by atoms with Crippen LogP contribution in [0.25, 0.3) is 10.8 Å². The molecule has 0 saturated heterocycles. The van der Waals surface area contributed by atoms with Crippen molar-refractivity contribution >= 4 is 22.4 Å². The van der Waals surface area contributed by atoms with Gasteiger partial charge in [-0.25, -0.2) is 0 Å². The van der Waals surface area contributed by atoms with Gasteiger partial charge in [0, 0.05) is 22.7 Å². The van der Waals surface area contributed by atoms with Crippen molar-refractivity contribution < 1.29 is 14.2 Å². The first-order valence-electron chi connectivity index (χ1n) is 10.7. The highest BCUT2D eigenvalue weighted by Gasteiger charge is 2.15. The number of fused-ring (bicyclic) bond motifs is 1. The molecular weight excluding hydrogens is 372 g/mol. The number of benzene rings is 2. The van der Waals surface area contributed by atoms with Gasteiger partial charge in [-0.3, -0.25) is 0 Å². The molecule has 0 radical (unpaired) electrons. The van der Waals surface area contributed by atoms with Crippen LogP contribution in [-0.2, 0) is 0 Å². The van der Waals surface area contributed by atoms with Crippen molar-refractivity contribution in [2.45, 2.75) is 64.7 Å². The van der Waals surface area contributed by atoms with Crippen molar-refractivity contribution in [1.82, 2.24) is 0 Å². The first-order chi connectivity index (χ1) is 13.8. The first-order valence-corrected chi connectivity index (χ1v) is 11.3. The first kappa shape index (κ1) is 22.7. The number of ether oxygens (including phenoxy) is 3. The Morgan fingerprint density at radius 3 is 2.11 bits per heavy atom. The van der Waals surface area contributed by atoms with Gasteiger partial charge in [0.25, 0.3) is 0 Å². The van der Waals surface area contributed by atoms with Crippen LogP contribution >= 0.6 is 11.6 Å². The van der Waals surface area contributed by atoms with E-state index in [1.165, 1.54) is 32.1 Å². The number of alkyl halides is 1. The number of hydrogen-bond donors (Lipinski definition) is 0. The molecule has 0 fully saturated rings. The topological polar surface area (TPSA) is 27.7 Å². The molecule has 0 saturated carbocycles. The van der Waals surface area contributed by atoms with Crippen LogP contribution in [-0.4, -0.2) is 26.2 Å². The second kappa shape index (κ2) is 13.5. The minimum Gasteiger partial charge on any atom is -0.493 e. The van der Waals surface area contributed by atoms with E-state index >= 15 is 0 Å². The zero-order valence-electron chi connectivity index (χ0n) is 17.5. The number of halogens is 1. The lowest BCUT2D eigenvalue weighted by atomic mass is 10.1. The highest BCUT2D eigenvalue weighted by molar-refractivity contribution is 6.17. The van der Waals surface area contributed by atoms with E-state index in [1.54, 1.807) is 7.11 Å². The number of hydrogen-bond acceptors (Lipinski definition) is 3. The molecule has 0 aromatic heterocycles. The van der Waals surface area contributed by atoms with Crippen molar-refractivity contribution in [2.24, 2.45) is 0 Å². The summed E-state index contributed by atoms with van der Waals surface area (Å²) in [4.78, 5) is 0. The minimum atomic E-state index is 0.683. The summed E-state index contributed by atoms with van der Waals surface area (Å²) in [7, 11) is 1.69. The summed E-state index contributed by atoms with van der Waals surface area (Å²) in [6.07, 6.45) is 10.6. The Morgan fingerprint density at radius 2 is 1.39 bits per heavy atom. The van der Waals surface area contributed by atoms with Crippen molar-refractivity contribution in [3.63, 3.8) is 0 Å². The fourth-order valence-electron chi connectivity index (χ4n) is 3.32. The van der Waals surface area contributed by atoms with Crippen molar-refractivity contribution in [2.75, 3.05) is 26.2 Å². The quantitative estimate of drug-likeness (QED) is 0.228. The predicted octanol–water partition coefficient (Wildman–Crippen LogP) is 7.38. The van der Waals surface area contributed by atoms with Crippen LogP contribution in [0.2, 0.25) is 0 Å². The molecule has 2 aromatic carbocycles. The molecule has 0 unspecified atom stereocenters. The lowest BCUT2D eigenvalue weighted by molar-refractivity contribution is 0.283. The third kappa shape index (κ3) is 7.09. The van der Waals surface area contributed by atoms with E-state index in [2.05, 4.69) is 19.1 Å². The van der Waals surface area contributed by atoms with Gasteiger partial charge in [-0.2, -0.15) is 0 Å². The maximum atomic E-state index is 6.17. The molecule has 4 heteroatoms. The Kier molecular flexibility index (Phi) is 11.0. The molecule has 28 heavy (non-hydrogen) atoms. The van der Waals surface area contributed by atoms with Gasteiger partial charge in [0.1, 0.15) is 5.75 Å². The second-order valence-electron chi connectivity index (χ2n) is 7.17. The summed E-state index contributed by atoms with van der Waals surface area (Å²) >= 11 is 5.74. The molecule has 0 aliphatic rings. The predicted molar refractivity (Wildman–Crippen MR) is 119 cm³/mol. The van der Waals surface area contributed by atoms with Crippen LogP contribution in [0.1, 0.15) is 64.7 Å². The van der Waals surface area contributed by atoms with Crippen LogP contribution in [0.4, 0.5) is 0 Å². The molecule has 0 aliphatic heterocycles. The molecule has 0 atom stereocenters. The standard InChI is InChI=1S/C24H35ClO3/c1-3-4-5-6-7-12-18-28-24-21-15-10-9-14-20(21)22(19-23(24)26-2)27-17-13-8-11-16-25/h9-10,14-15,19H,3-8,11-13,16-18H2,1-2H3. The highest BCUT2D eigenvalue weighted by atomic mass is 35.5. The van der Waals surface area contributed by atoms with Crippen molar-refractivity contribution in [1.29, 1.82) is 0 Å². The normalized spacial score (nSPS) is 11.0. The van der Waals surface area contributed by atoms with Crippen LogP contribution < -0.4 is 14.2 Å². The molecule has 0 N–H and O–H groups in total. The number of unbranched alkanes of at least 4 members (excludes halogenated alkanes) is 7. The molecular formula is C24H35ClO3. The lowest BCUT2D eigenvalue weighted by Crippen LogP contribution is -2.03. The average Bonchev–Trinajstić information content (AvgIpc) is 2.73. The largest absolute Gasteiger partial charge is 0.493 e. The third-order valence-corrected chi connectivity index (χ3v) is 5.19. The van der Waals surface area contributed by atoms with Gasteiger partial charge in [0.2, 0.25) is 0 Å². The monoisotopic (exact) mass is 406 g/mol. The smallest absolute Gasteiger partial charge is 0.169 e. The molecule has 0 bridgehead atoms. The zero-order chi connectivity index (χ0) is 20.0. The Balaban J connectivity index is 2.03. The number of methoxy groups -OCH3 is 1. The third-order valence-electron chi connectivity index (χ3n) is 4.92. The van der Waals surface area contributed by atoms with Crippen LogP contribution in [0.3, 0.4) is 0 Å². The van der Waals surface area contributed by atoms with Gasteiger partial charge in [-0.05, 0) is 25.7 Å². The van der Waals surface area contributed by atoms with Gasteiger partial charge in [0.05, 0.1) is 20.3 Å². The Hall–Kier alpha value is -1.61. The van der Waals surface area contributed by atoms with E-state index < -0.39 is 0 Å². The molecule has 0 aliphatic carbocycles. The van der Waals surface area contributed by atoms with E-state index in [4.69, 9.17) is 25.8 Å². The van der Waals surface area contributed by atoms with E-state index in [0.717, 1.165) is 53.7 Å². The van der Waals surface area contributed by atoms with E-state index in [1.807, 2.05) is 18.2 Å². The highest BCUT2D eigenvalue weighted by Crippen LogP contribution is 2.41. The fourth-order valence-corrected chi connectivity index (χ4v) is 3.51. The Bertz CT molecular complexity index is 687. The second-order valence-corrected chi connectivity index (χ2v) is 7.54. The lowest BCUT2D eigenvalue weighted by Gasteiger charge is -2.17. The summed E-state index contributed by atoms with van der Waals surface area (Å²) in [5.74, 6) is 3.12. The van der Waals surface area contributed by atoms with Gasteiger partial charge >= 0.3 is 0 Å². The molecule has 0 spiro atoms. The summed E-state index contributed by atoms with van der Waals surface area (Å²) in [5, 5.41) is 2.11. The minimum absolute atomic E-state index is 0.683. The molecule has 0 amide bonds. The maximum absolute atomic E-state index is 6.17. The summed E-state index contributed by atoms with van der Waals surface area (Å²) in [6.45, 7) is 3.64. The van der Waals surface area contributed by atoms with E-state index in [-0.39, 0.29) is 0 Å². The molecule has 156 valence electrons. The molecule has 3 nitrogen and oxygen atoms in total. The fraction of sp³-hybridized carbons (Fsp3) is 0.583. The van der Waals surface area contributed by atoms with Gasteiger partial charge < -0.3 is 14.2 Å². The SMILES string of the molecule is CCCCCCCCOc1c(OC)cc(OCCCCCCl)c2ccccc12. The summed E-state index contributed by atoms with van der Waals surface area (Å²) in [5.41, 5.74) is 0. The molecule has 2 rings (SSSR count). The average molecular weight is 407 g/mol. The van der Waals surface area contributed by atoms with E-state index in [0.29, 0.717) is 19.1 Å². The number of rotatable bonds is 15. The summed E-state index contributed by atoms with van der Waals surface area (Å²) < 4.78 is 17.9. The maximum Gasteiger partial charge on any atom is 0.169 e. The van der Waals surface area contributed by atoms with Gasteiger partial charge in [-0.1, -0.05) is 63.3 Å². The molecule has 2 aromatic rings. The van der Waals surface area contributed by atoms with Crippen LogP contribution in [0.5, 0.6) is 17.2 Å². The zero-order valence-corrected chi connectivity index (χ0v) is 18.2. The van der Waals surface area contributed by atoms with Gasteiger partial charge in [0.15, 0.2) is 11.5 Å². The van der Waals surface area contributed by atoms with Crippen LogP contribution in [0.15, 0.2) is 30.3 Å². The summed E-state index contributed by atoms with van der Waals surface area (Å²) in [6, 6.07) is 10.2. The Morgan fingerprint density at radius 1 is 0.750 bits per heavy atom. The molecule has 0 heterocycles. The van der Waals surface area contributed by atoms with E-state index in [9.17, 15) is 0 Å². The van der Waals surface area contributed by atoms with Crippen molar-refractivity contribution in [3.8, 4) is 17.2 Å². The van der Waals surface area contributed by atoms with Crippen LogP contribution in [0, 0.1) is 0 Å². The van der Waals surface area contributed by atoms with Crippen molar-refractivity contribution in [3.05, 3.63) is 30.3 Å². The Labute approximate surface area is 175 Å².